The number of halogens is 1. The van der Waals surface area contributed by atoms with Crippen LogP contribution in [0.2, 0.25) is 0 Å². The van der Waals surface area contributed by atoms with Crippen molar-refractivity contribution in [1.29, 1.82) is 0 Å². The molecule has 0 bridgehead atoms. The molecular weight excluding hydrogens is 276 g/mol. The summed E-state index contributed by atoms with van der Waals surface area (Å²) in [6.07, 6.45) is 0. The van der Waals surface area contributed by atoms with Crippen LogP contribution in [0.15, 0.2) is 60.7 Å². The van der Waals surface area contributed by atoms with Gasteiger partial charge in [0.15, 0.2) is 0 Å². The van der Waals surface area contributed by atoms with Gasteiger partial charge in [-0.05, 0) is 18.1 Å². The lowest BCUT2D eigenvalue weighted by Crippen LogP contribution is -2.35. The molecule has 1 unspecified atom stereocenters. The van der Waals surface area contributed by atoms with Gasteiger partial charge in [0.1, 0.15) is 5.60 Å². The third kappa shape index (κ3) is 2.28. The third-order valence-corrected chi connectivity index (χ3v) is 3.67. The van der Waals surface area contributed by atoms with Gasteiger partial charge in [-0.2, -0.15) is 0 Å². The quantitative estimate of drug-likeness (QED) is 0.855. The van der Waals surface area contributed by atoms with Crippen molar-refractivity contribution in [1.82, 2.24) is 0 Å². The van der Waals surface area contributed by atoms with Crippen LogP contribution < -0.4 is 0 Å². The van der Waals surface area contributed by atoms with E-state index in [9.17, 15) is 5.11 Å². The standard InChI is InChI=1S/C15H15BrO/c1-12(16)15(17,13-8-4-2-5-9-13)14-10-6-3-7-11-14/h2-12,17H,1H3. The van der Waals surface area contributed by atoms with Crippen LogP contribution in [0.3, 0.4) is 0 Å². The molecule has 0 heterocycles. The number of alkyl halides is 1. The minimum atomic E-state index is -0.998. The Morgan fingerprint density at radius 1 is 0.882 bits per heavy atom. The van der Waals surface area contributed by atoms with Crippen molar-refractivity contribution in [3.63, 3.8) is 0 Å². The first-order valence-corrected chi connectivity index (χ1v) is 6.54. The average molecular weight is 291 g/mol. The van der Waals surface area contributed by atoms with Crippen molar-refractivity contribution >= 4 is 15.9 Å². The van der Waals surface area contributed by atoms with Crippen molar-refractivity contribution in [2.75, 3.05) is 0 Å². The van der Waals surface area contributed by atoms with Gasteiger partial charge in [-0.3, -0.25) is 0 Å². The fourth-order valence-corrected chi connectivity index (χ4v) is 2.54. The van der Waals surface area contributed by atoms with E-state index in [1.807, 2.05) is 67.6 Å². The Morgan fingerprint density at radius 2 is 1.24 bits per heavy atom. The van der Waals surface area contributed by atoms with Gasteiger partial charge in [0, 0.05) is 4.83 Å². The van der Waals surface area contributed by atoms with E-state index in [1.165, 1.54) is 0 Å². The maximum absolute atomic E-state index is 11.0. The number of hydrogen-bond acceptors (Lipinski definition) is 1. The van der Waals surface area contributed by atoms with Crippen molar-refractivity contribution in [2.24, 2.45) is 0 Å². The van der Waals surface area contributed by atoms with Crippen molar-refractivity contribution in [3.8, 4) is 0 Å². The zero-order valence-corrected chi connectivity index (χ0v) is 11.3. The normalized spacial score (nSPS) is 13.4. The second-order valence-electron chi connectivity index (χ2n) is 4.11. The van der Waals surface area contributed by atoms with E-state index in [1.54, 1.807) is 0 Å². The average Bonchev–Trinajstić information content (AvgIpc) is 2.39. The number of rotatable bonds is 3. The highest BCUT2D eigenvalue weighted by atomic mass is 79.9. The molecule has 1 atom stereocenters. The van der Waals surface area contributed by atoms with Gasteiger partial charge < -0.3 is 5.11 Å². The van der Waals surface area contributed by atoms with E-state index in [0.29, 0.717) is 0 Å². The Balaban J connectivity index is 2.55. The number of benzene rings is 2. The van der Waals surface area contributed by atoms with Crippen LogP contribution >= 0.6 is 15.9 Å². The molecule has 0 aliphatic carbocycles. The van der Waals surface area contributed by atoms with Gasteiger partial charge in [-0.1, -0.05) is 76.6 Å². The number of aliphatic hydroxyl groups is 1. The topological polar surface area (TPSA) is 20.2 Å². The van der Waals surface area contributed by atoms with Crippen LogP contribution in [-0.4, -0.2) is 9.93 Å². The lowest BCUT2D eigenvalue weighted by molar-refractivity contribution is 0.0845. The predicted molar refractivity (Wildman–Crippen MR) is 74.3 cm³/mol. The highest BCUT2D eigenvalue weighted by molar-refractivity contribution is 9.09. The molecule has 2 heteroatoms. The first-order valence-electron chi connectivity index (χ1n) is 5.63. The van der Waals surface area contributed by atoms with Crippen molar-refractivity contribution in [2.45, 2.75) is 17.4 Å². The summed E-state index contributed by atoms with van der Waals surface area (Å²) in [6.45, 7) is 1.96. The highest BCUT2D eigenvalue weighted by Crippen LogP contribution is 2.36. The fraction of sp³-hybridized carbons (Fsp3) is 0.200. The Labute approximate surface area is 110 Å². The molecule has 0 radical (unpaired) electrons. The van der Waals surface area contributed by atoms with E-state index >= 15 is 0 Å². The summed E-state index contributed by atoms with van der Waals surface area (Å²) >= 11 is 3.52. The molecule has 2 rings (SSSR count). The van der Waals surface area contributed by atoms with Crippen molar-refractivity contribution in [3.05, 3.63) is 71.8 Å². The Bertz CT molecular complexity index is 425. The SMILES string of the molecule is CC(Br)C(O)(c1ccccc1)c1ccccc1. The summed E-state index contributed by atoms with van der Waals surface area (Å²) in [5.74, 6) is 0. The second-order valence-corrected chi connectivity index (χ2v) is 5.49. The molecule has 0 fully saturated rings. The van der Waals surface area contributed by atoms with E-state index in [-0.39, 0.29) is 4.83 Å². The monoisotopic (exact) mass is 290 g/mol. The Kier molecular flexibility index (Phi) is 3.65. The van der Waals surface area contributed by atoms with Crippen LogP contribution in [0.25, 0.3) is 0 Å². The number of hydrogen-bond donors (Lipinski definition) is 1. The Morgan fingerprint density at radius 3 is 1.53 bits per heavy atom. The van der Waals surface area contributed by atoms with Gasteiger partial charge in [0.05, 0.1) is 0 Å². The minimum absolute atomic E-state index is 0.0696. The van der Waals surface area contributed by atoms with E-state index in [0.717, 1.165) is 11.1 Å². The molecule has 0 saturated heterocycles. The molecule has 2 aromatic rings. The third-order valence-electron chi connectivity index (χ3n) is 3.00. The second kappa shape index (κ2) is 5.03. The summed E-state index contributed by atoms with van der Waals surface area (Å²) in [5, 5.41) is 11.0. The molecule has 2 aromatic carbocycles. The first kappa shape index (κ1) is 12.3. The van der Waals surface area contributed by atoms with Crippen LogP contribution in [0.1, 0.15) is 18.1 Å². The zero-order chi connectivity index (χ0) is 12.3. The summed E-state index contributed by atoms with van der Waals surface area (Å²) in [6, 6.07) is 19.5. The molecular formula is C15H15BrO. The smallest absolute Gasteiger partial charge is 0.127 e. The molecule has 0 amide bonds. The van der Waals surface area contributed by atoms with Gasteiger partial charge in [0.2, 0.25) is 0 Å². The molecule has 0 aromatic heterocycles. The molecule has 0 aliphatic rings. The summed E-state index contributed by atoms with van der Waals surface area (Å²) in [5.41, 5.74) is 0.800. The zero-order valence-electron chi connectivity index (χ0n) is 9.68. The van der Waals surface area contributed by atoms with Crippen LogP contribution in [0.5, 0.6) is 0 Å². The van der Waals surface area contributed by atoms with E-state index < -0.39 is 5.60 Å². The molecule has 0 aliphatic heterocycles. The predicted octanol–water partition coefficient (Wildman–Crippen LogP) is 3.71. The lowest BCUT2D eigenvalue weighted by atomic mass is 9.84. The van der Waals surface area contributed by atoms with Gasteiger partial charge in [-0.25, -0.2) is 0 Å². The molecule has 17 heavy (non-hydrogen) atoms. The molecule has 1 nitrogen and oxygen atoms in total. The summed E-state index contributed by atoms with van der Waals surface area (Å²) in [7, 11) is 0. The maximum atomic E-state index is 11.0. The Hall–Kier alpha value is -1.12. The first-order chi connectivity index (χ1) is 8.15. The molecule has 0 spiro atoms. The van der Waals surface area contributed by atoms with Crippen LogP contribution in [0.4, 0.5) is 0 Å². The lowest BCUT2D eigenvalue weighted by Gasteiger charge is -2.32. The minimum Gasteiger partial charge on any atom is -0.379 e. The van der Waals surface area contributed by atoms with Crippen LogP contribution in [0, 0.1) is 0 Å². The molecule has 88 valence electrons. The highest BCUT2D eigenvalue weighted by Gasteiger charge is 2.35. The van der Waals surface area contributed by atoms with Crippen LogP contribution in [-0.2, 0) is 5.60 Å². The van der Waals surface area contributed by atoms with E-state index in [4.69, 9.17) is 0 Å². The molecule has 1 N–H and O–H groups in total. The van der Waals surface area contributed by atoms with Gasteiger partial charge >= 0.3 is 0 Å². The largest absolute Gasteiger partial charge is 0.379 e. The fourth-order valence-electron chi connectivity index (χ4n) is 2.01. The maximum Gasteiger partial charge on any atom is 0.127 e. The van der Waals surface area contributed by atoms with Gasteiger partial charge in [0.25, 0.3) is 0 Å². The molecule has 0 saturated carbocycles. The van der Waals surface area contributed by atoms with Gasteiger partial charge in [-0.15, -0.1) is 0 Å². The summed E-state index contributed by atoms with van der Waals surface area (Å²) < 4.78 is 0. The summed E-state index contributed by atoms with van der Waals surface area (Å²) in [4.78, 5) is -0.0696. The van der Waals surface area contributed by atoms with Crippen molar-refractivity contribution < 1.29 is 5.11 Å². The van der Waals surface area contributed by atoms with E-state index in [2.05, 4.69) is 15.9 Å².